The van der Waals surface area contributed by atoms with Crippen molar-refractivity contribution in [3.63, 3.8) is 0 Å². The van der Waals surface area contributed by atoms with Gasteiger partial charge in [0.05, 0.1) is 7.11 Å². The van der Waals surface area contributed by atoms with E-state index >= 15 is 0 Å². The Kier molecular flexibility index (Phi) is 17.6. The summed E-state index contributed by atoms with van der Waals surface area (Å²) in [6.07, 6.45) is 2.46. The predicted molar refractivity (Wildman–Crippen MR) is 155 cm³/mol. The van der Waals surface area contributed by atoms with Crippen LogP contribution in [0.15, 0.2) is 72.8 Å². The molecule has 0 heterocycles. The molecule has 3 N–H and O–H groups in total. The first-order valence-electron chi connectivity index (χ1n) is 13.3. The molecular weight excluding hydrogens is 546 g/mol. The third-order valence-corrected chi connectivity index (χ3v) is 6.62. The zero-order valence-corrected chi connectivity index (χ0v) is 29.1. The van der Waals surface area contributed by atoms with Crippen molar-refractivity contribution in [1.82, 2.24) is 4.90 Å². The molecule has 0 aliphatic rings. The molecule has 38 heavy (non-hydrogen) atoms. The molecule has 0 aromatic heterocycles. The van der Waals surface area contributed by atoms with Crippen LogP contribution in [0.3, 0.4) is 0 Å². The number of ether oxygens (including phenoxy) is 1. The molecule has 0 aliphatic carbocycles. The van der Waals surface area contributed by atoms with Crippen LogP contribution < -0.4 is 62.9 Å². The van der Waals surface area contributed by atoms with Crippen molar-refractivity contribution < 1.29 is 73.1 Å². The topological polar surface area (TPSA) is 76.7 Å². The molecule has 0 aliphatic heterocycles. The van der Waals surface area contributed by atoms with Crippen LogP contribution in [-0.2, 0) is 12.8 Å². The SMILES string of the molecule is COc1ccc(CCO)cc1[C@H](CCN(C(C)C)C(C)C)c1ccccc1.[NH-]CCc1ccc(O)cc1.[Rb+]. The van der Waals surface area contributed by atoms with Gasteiger partial charge in [0.1, 0.15) is 11.5 Å². The van der Waals surface area contributed by atoms with E-state index in [1.165, 1.54) is 11.1 Å². The molecular formula is C32H45N2O3Rb. The molecule has 6 heteroatoms. The number of hydrogen-bond donors (Lipinski definition) is 2. The molecule has 0 bridgehead atoms. The van der Waals surface area contributed by atoms with Gasteiger partial charge in [-0.15, -0.1) is 6.54 Å². The molecule has 3 aromatic rings. The van der Waals surface area contributed by atoms with E-state index in [1.807, 2.05) is 18.2 Å². The maximum Gasteiger partial charge on any atom is 1.00 e. The smallest absolute Gasteiger partial charge is 0.677 e. The monoisotopic (exact) mass is 590 g/mol. The maximum atomic E-state index is 9.35. The van der Waals surface area contributed by atoms with E-state index in [0.29, 0.717) is 25.0 Å². The van der Waals surface area contributed by atoms with Gasteiger partial charge < -0.3 is 20.7 Å². The second kappa shape index (κ2) is 19.1. The summed E-state index contributed by atoms with van der Waals surface area (Å²) in [6, 6.07) is 25.0. The van der Waals surface area contributed by atoms with E-state index < -0.39 is 0 Å². The molecule has 0 unspecified atom stereocenters. The third kappa shape index (κ3) is 11.6. The molecule has 0 spiro atoms. The minimum absolute atomic E-state index is 0. The van der Waals surface area contributed by atoms with Crippen LogP contribution in [0, 0.1) is 0 Å². The quantitative estimate of drug-likeness (QED) is 0.336. The summed E-state index contributed by atoms with van der Waals surface area (Å²) in [7, 11) is 1.74. The van der Waals surface area contributed by atoms with Gasteiger partial charge in [-0.1, -0.05) is 54.6 Å². The molecule has 0 saturated carbocycles. The van der Waals surface area contributed by atoms with Crippen molar-refractivity contribution in [2.45, 2.75) is 65.0 Å². The Morgan fingerprint density at radius 3 is 1.97 bits per heavy atom. The van der Waals surface area contributed by atoms with Gasteiger partial charge in [0.25, 0.3) is 0 Å². The van der Waals surface area contributed by atoms with Crippen molar-refractivity contribution in [1.29, 1.82) is 0 Å². The van der Waals surface area contributed by atoms with E-state index in [-0.39, 0.29) is 76.5 Å². The molecule has 1 atom stereocenters. The van der Waals surface area contributed by atoms with Crippen molar-refractivity contribution in [3.8, 4) is 11.5 Å². The molecule has 3 aromatic carbocycles. The number of nitrogens with zero attached hydrogens (tertiary/aromatic N) is 1. The minimum Gasteiger partial charge on any atom is -0.677 e. The minimum atomic E-state index is 0. The van der Waals surface area contributed by atoms with Crippen LogP contribution in [0.1, 0.15) is 62.3 Å². The average Bonchev–Trinajstić information content (AvgIpc) is 2.89. The Labute approximate surface area is 279 Å². The van der Waals surface area contributed by atoms with E-state index in [1.54, 1.807) is 19.2 Å². The van der Waals surface area contributed by atoms with E-state index in [0.717, 1.165) is 36.3 Å². The fourth-order valence-electron chi connectivity index (χ4n) is 4.73. The number of hydrogen-bond acceptors (Lipinski definition) is 4. The summed E-state index contributed by atoms with van der Waals surface area (Å²) in [5.41, 5.74) is 11.7. The van der Waals surface area contributed by atoms with Crippen LogP contribution in [0.25, 0.3) is 5.73 Å². The molecule has 0 saturated heterocycles. The number of nitrogens with one attached hydrogen (secondary N) is 1. The van der Waals surface area contributed by atoms with Crippen molar-refractivity contribution >= 4 is 0 Å². The molecule has 3 rings (SSSR count). The molecule has 202 valence electrons. The average molecular weight is 591 g/mol. The van der Waals surface area contributed by atoms with Crippen LogP contribution >= 0.6 is 0 Å². The second-order valence-electron chi connectivity index (χ2n) is 9.89. The normalized spacial score (nSPS) is 11.6. The maximum absolute atomic E-state index is 9.35. The van der Waals surface area contributed by atoms with Gasteiger partial charge in [0.15, 0.2) is 0 Å². The number of methoxy groups -OCH3 is 1. The van der Waals surface area contributed by atoms with Gasteiger partial charge in [0, 0.05) is 30.2 Å². The predicted octanol–water partition coefficient (Wildman–Crippen LogP) is 3.86. The Balaban J connectivity index is 0.000000551. The summed E-state index contributed by atoms with van der Waals surface area (Å²) < 4.78 is 5.71. The van der Waals surface area contributed by atoms with Gasteiger partial charge in [-0.05, 0) is 88.4 Å². The Morgan fingerprint density at radius 1 is 0.842 bits per heavy atom. The number of aromatic hydroxyl groups is 1. The summed E-state index contributed by atoms with van der Waals surface area (Å²) in [6.45, 7) is 10.7. The van der Waals surface area contributed by atoms with Gasteiger partial charge >= 0.3 is 58.2 Å². The van der Waals surface area contributed by atoms with E-state index in [4.69, 9.17) is 15.6 Å². The second-order valence-corrected chi connectivity index (χ2v) is 9.89. The third-order valence-electron chi connectivity index (χ3n) is 6.62. The van der Waals surface area contributed by atoms with Crippen LogP contribution in [0.2, 0.25) is 0 Å². The number of phenols is 1. The summed E-state index contributed by atoms with van der Waals surface area (Å²) in [5.74, 6) is 1.47. The van der Waals surface area contributed by atoms with Gasteiger partial charge in [-0.25, -0.2) is 0 Å². The number of benzene rings is 3. The van der Waals surface area contributed by atoms with Crippen molar-refractivity contribution in [3.05, 3.63) is 101 Å². The molecule has 5 nitrogen and oxygen atoms in total. The van der Waals surface area contributed by atoms with E-state index in [2.05, 4.69) is 75.1 Å². The standard InChI is InChI=1S/C24H35NO2.C8H10NO.Rb/c1-18(2)25(19(3)4)15-13-22(21-9-7-6-8-10-21)23-17-20(14-16-26)11-12-24(23)27-5;9-6-5-7-1-3-8(10)4-2-7;/h6-12,17-19,22,26H,13-16H2,1-5H3;1-4,9-10H,5-6H2;/q;-1;+1/t22-;;/m1../s1. The fraction of sp³-hybridized carbons (Fsp3) is 0.438. The van der Waals surface area contributed by atoms with Gasteiger partial charge in [0.2, 0.25) is 0 Å². The number of aliphatic hydroxyl groups excluding tert-OH is 1. The first-order valence-corrected chi connectivity index (χ1v) is 13.3. The Morgan fingerprint density at radius 2 is 1.45 bits per heavy atom. The van der Waals surface area contributed by atoms with Crippen LogP contribution in [-0.4, -0.2) is 54.0 Å². The first-order chi connectivity index (χ1) is 17.8. The van der Waals surface area contributed by atoms with E-state index in [9.17, 15) is 5.11 Å². The number of rotatable bonds is 12. The summed E-state index contributed by atoms with van der Waals surface area (Å²) in [5, 5.41) is 18.2. The number of aliphatic hydroxyl groups is 1. The number of phenolic OH excluding ortho intramolecular Hbond substituents is 1. The van der Waals surface area contributed by atoms with Gasteiger partial charge in [-0.2, -0.15) is 0 Å². The Bertz CT molecular complexity index is 1020. The fourth-order valence-corrected chi connectivity index (χ4v) is 4.73. The van der Waals surface area contributed by atoms with Crippen LogP contribution in [0.4, 0.5) is 0 Å². The van der Waals surface area contributed by atoms with Gasteiger partial charge in [-0.3, -0.25) is 4.90 Å². The van der Waals surface area contributed by atoms with Crippen LogP contribution in [0.5, 0.6) is 11.5 Å². The summed E-state index contributed by atoms with van der Waals surface area (Å²) >= 11 is 0. The Hall–Kier alpha value is -1.05. The largest absolute Gasteiger partial charge is 1.00 e. The molecule has 0 fully saturated rings. The molecule has 0 radical (unpaired) electrons. The zero-order valence-electron chi connectivity index (χ0n) is 24.2. The summed E-state index contributed by atoms with van der Waals surface area (Å²) in [4.78, 5) is 2.54. The van der Waals surface area contributed by atoms with Crippen molar-refractivity contribution in [2.24, 2.45) is 0 Å². The van der Waals surface area contributed by atoms with Crippen molar-refractivity contribution in [2.75, 3.05) is 26.8 Å². The zero-order chi connectivity index (χ0) is 27.2. The molecule has 0 amide bonds. The first kappa shape index (κ1) is 35.0.